The number of fused-ring (bicyclic) bond motifs is 1. The van der Waals surface area contributed by atoms with Crippen molar-refractivity contribution in [1.82, 2.24) is 0 Å². The van der Waals surface area contributed by atoms with E-state index in [-0.39, 0.29) is 0 Å². The lowest BCUT2D eigenvalue weighted by molar-refractivity contribution is -0.0696. The summed E-state index contributed by atoms with van der Waals surface area (Å²) in [5, 5.41) is 31.4. The summed E-state index contributed by atoms with van der Waals surface area (Å²) >= 11 is 0. The molecule has 214 valence electrons. The van der Waals surface area contributed by atoms with E-state index in [0.717, 1.165) is 36.2 Å². The normalized spacial score (nSPS) is 45.6. The van der Waals surface area contributed by atoms with Gasteiger partial charge in [-0.1, -0.05) is 49.6 Å². The molecule has 7 fully saturated rings. The molecule has 0 heterocycles. The van der Waals surface area contributed by atoms with Crippen LogP contribution in [0.4, 0.5) is 0 Å². The van der Waals surface area contributed by atoms with Crippen LogP contribution in [0.2, 0.25) is 0 Å². The highest BCUT2D eigenvalue weighted by Crippen LogP contribution is 2.62. The van der Waals surface area contributed by atoms with Gasteiger partial charge in [-0.05, 0) is 142 Å². The maximum Gasteiger partial charge on any atom is 0.115 e. The van der Waals surface area contributed by atoms with E-state index in [1.54, 1.807) is 5.57 Å². The molecule has 7 rings (SSSR count). The Morgan fingerprint density at radius 2 is 1.64 bits per heavy atom. The first-order valence-corrected chi connectivity index (χ1v) is 16.2. The molecule has 0 aliphatic heterocycles. The Balaban J connectivity index is 1.06. The summed E-state index contributed by atoms with van der Waals surface area (Å²) in [4.78, 5) is 0. The average molecular weight is 533 g/mol. The highest BCUT2D eigenvalue weighted by Gasteiger charge is 2.52. The number of aliphatic hydroxyl groups excluding tert-OH is 3. The van der Waals surface area contributed by atoms with Crippen LogP contribution in [0.1, 0.15) is 110 Å². The van der Waals surface area contributed by atoms with Gasteiger partial charge in [-0.3, -0.25) is 0 Å². The molecule has 39 heavy (non-hydrogen) atoms. The van der Waals surface area contributed by atoms with Crippen molar-refractivity contribution in [3.63, 3.8) is 0 Å². The molecule has 0 spiro atoms. The van der Waals surface area contributed by atoms with Crippen molar-refractivity contribution >= 4 is 0 Å². The third kappa shape index (κ3) is 5.48. The summed E-state index contributed by atoms with van der Waals surface area (Å²) in [5.74, 6) is 11.4. The molecular weight excluding hydrogens is 480 g/mol. The number of rotatable bonds is 5. The van der Waals surface area contributed by atoms with E-state index < -0.39 is 18.3 Å². The van der Waals surface area contributed by atoms with Crippen molar-refractivity contribution in [2.45, 2.75) is 128 Å². The van der Waals surface area contributed by atoms with E-state index in [2.05, 4.69) is 44.4 Å². The van der Waals surface area contributed by atoms with Crippen LogP contribution in [0.25, 0.3) is 0 Å². The van der Waals surface area contributed by atoms with Crippen LogP contribution in [-0.2, 0) is 0 Å². The monoisotopic (exact) mass is 532 g/mol. The highest BCUT2D eigenvalue weighted by molar-refractivity contribution is 5.29. The van der Waals surface area contributed by atoms with Crippen molar-refractivity contribution in [2.75, 3.05) is 0 Å². The quantitative estimate of drug-likeness (QED) is 0.261. The van der Waals surface area contributed by atoms with Crippen LogP contribution >= 0.6 is 0 Å². The van der Waals surface area contributed by atoms with Gasteiger partial charge in [-0.2, -0.15) is 0 Å². The van der Waals surface area contributed by atoms with Gasteiger partial charge in [-0.25, -0.2) is 0 Å². The summed E-state index contributed by atoms with van der Waals surface area (Å²) in [6.07, 6.45) is 20.4. The predicted octanol–water partition coefficient (Wildman–Crippen LogP) is 7.12. The second-order valence-electron chi connectivity index (χ2n) is 15.3. The first-order chi connectivity index (χ1) is 18.6. The van der Waals surface area contributed by atoms with Gasteiger partial charge in [0.15, 0.2) is 0 Å². The van der Waals surface area contributed by atoms with E-state index in [4.69, 9.17) is 0 Å². The summed E-state index contributed by atoms with van der Waals surface area (Å²) in [6.45, 7) is 8.77. The second kappa shape index (κ2) is 10.8. The minimum atomic E-state index is -0.626. The predicted molar refractivity (Wildman–Crippen MR) is 158 cm³/mol. The van der Waals surface area contributed by atoms with Crippen LogP contribution in [0, 0.1) is 58.2 Å². The third-order valence-corrected chi connectivity index (χ3v) is 12.5. The number of hydrogen-bond acceptors (Lipinski definition) is 3. The van der Waals surface area contributed by atoms with Gasteiger partial charge >= 0.3 is 0 Å². The highest BCUT2D eigenvalue weighted by atomic mass is 16.3. The molecule has 0 amide bonds. The lowest BCUT2D eigenvalue weighted by Gasteiger charge is -2.57. The van der Waals surface area contributed by atoms with Gasteiger partial charge in [0, 0.05) is 6.42 Å². The average Bonchev–Trinajstić information content (AvgIpc) is 3.22. The van der Waals surface area contributed by atoms with Crippen molar-refractivity contribution in [3.05, 3.63) is 35.5 Å². The first-order valence-electron chi connectivity index (χ1n) is 16.2. The summed E-state index contributed by atoms with van der Waals surface area (Å²) in [5.41, 5.74) is 3.97. The fourth-order valence-electron chi connectivity index (χ4n) is 11.1. The molecule has 7 aliphatic carbocycles. The molecule has 0 aromatic carbocycles. The number of aliphatic hydroxyl groups is 3. The molecule has 7 unspecified atom stereocenters. The van der Waals surface area contributed by atoms with E-state index in [9.17, 15) is 15.3 Å². The smallest absolute Gasteiger partial charge is 0.115 e. The number of hydrogen-bond donors (Lipinski definition) is 3. The molecule has 0 radical (unpaired) electrons. The minimum absolute atomic E-state index is 0.321. The standard InChI is InChI=1S/C36H52O3/c1-23(6-4-8-30(37)22-36-19-26-14-27(20-36)16-28(15-26)21-36)31-11-12-32-29(7-5-13-35(31,32)3)10-9-25-17-33(38)24(2)34(39)18-25/h9-10,23,26-28,30-34,37-39H,2,5-7,11-22H2,1,3H3/b25-9?,29-10+. The van der Waals surface area contributed by atoms with E-state index >= 15 is 0 Å². The SMILES string of the molecule is C=C1C(O)CC(=C/C=C2\CCCC3(C)C2CCC3C(C)CC#CC(O)CC23CC4CC(CC(C4)C2)C3)CC1O. The van der Waals surface area contributed by atoms with Crippen molar-refractivity contribution in [1.29, 1.82) is 0 Å². The molecule has 0 aromatic rings. The summed E-state index contributed by atoms with van der Waals surface area (Å²) < 4.78 is 0. The molecule has 3 nitrogen and oxygen atoms in total. The van der Waals surface area contributed by atoms with Crippen LogP contribution in [-0.4, -0.2) is 33.6 Å². The lowest BCUT2D eigenvalue weighted by Crippen LogP contribution is -2.47. The molecule has 0 aromatic heterocycles. The molecule has 7 saturated carbocycles. The van der Waals surface area contributed by atoms with Crippen LogP contribution in [0.15, 0.2) is 35.5 Å². The zero-order chi connectivity index (χ0) is 27.4. The summed E-state index contributed by atoms with van der Waals surface area (Å²) in [7, 11) is 0. The van der Waals surface area contributed by atoms with Gasteiger partial charge < -0.3 is 15.3 Å². The maximum atomic E-state index is 11.0. The largest absolute Gasteiger partial charge is 0.388 e. The zero-order valence-corrected chi connectivity index (χ0v) is 24.5. The topological polar surface area (TPSA) is 60.7 Å². The fourth-order valence-corrected chi connectivity index (χ4v) is 11.1. The molecule has 7 atom stereocenters. The Kier molecular flexibility index (Phi) is 7.71. The molecule has 7 aliphatic rings. The molecule has 3 N–H and O–H groups in total. The Hall–Kier alpha value is -1.34. The van der Waals surface area contributed by atoms with Gasteiger partial charge in [-0.15, -0.1) is 5.92 Å². The van der Waals surface area contributed by atoms with Crippen LogP contribution in [0.5, 0.6) is 0 Å². The van der Waals surface area contributed by atoms with Gasteiger partial charge in [0.2, 0.25) is 0 Å². The van der Waals surface area contributed by atoms with E-state index in [1.807, 2.05) is 0 Å². The Morgan fingerprint density at radius 1 is 1.00 bits per heavy atom. The first kappa shape index (κ1) is 27.8. The third-order valence-electron chi connectivity index (χ3n) is 12.5. The van der Waals surface area contributed by atoms with Crippen LogP contribution < -0.4 is 0 Å². The van der Waals surface area contributed by atoms with Gasteiger partial charge in [0.1, 0.15) is 6.10 Å². The Bertz CT molecular complexity index is 1020. The van der Waals surface area contributed by atoms with Crippen molar-refractivity contribution in [2.24, 2.45) is 46.3 Å². The molecule has 4 bridgehead atoms. The second-order valence-corrected chi connectivity index (χ2v) is 15.3. The van der Waals surface area contributed by atoms with E-state index in [1.165, 1.54) is 70.6 Å². The van der Waals surface area contributed by atoms with Gasteiger partial charge in [0.05, 0.1) is 12.2 Å². The van der Waals surface area contributed by atoms with Gasteiger partial charge in [0.25, 0.3) is 0 Å². The lowest BCUT2D eigenvalue weighted by atomic mass is 9.48. The minimum Gasteiger partial charge on any atom is -0.388 e. The van der Waals surface area contributed by atoms with Crippen molar-refractivity contribution < 1.29 is 15.3 Å². The van der Waals surface area contributed by atoms with E-state index in [0.29, 0.717) is 47.0 Å². The maximum absolute atomic E-state index is 11.0. The molecule has 3 heteroatoms. The van der Waals surface area contributed by atoms with Crippen LogP contribution in [0.3, 0.4) is 0 Å². The van der Waals surface area contributed by atoms with Crippen molar-refractivity contribution in [3.8, 4) is 11.8 Å². The molecule has 0 saturated heterocycles. The zero-order valence-electron chi connectivity index (χ0n) is 24.5. The summed E-state index contributed by atoms with van der Waals surface area (Å²) in [6, 6.07) is 0. The number of allylic oxidation sites excluding steroid dienone is 3. The fraction of sp³-hybridized carbons (Fsp3) is 0.778. The Morgan fingerprint density at radius 3 is 2.28 bits per heavy atom. The Labute approximate surface area is 237 Å². The molecular formula is C36H52O3.